The van der Waals surface area contributed by atoms with Crippen molar-refractivity contribution in [2.45, 2.75) is 240 Å². The van der Waals surface area contributed by atoms with Crippen molar-refractivity contribution in [1.82, 2.24) is 31.9 Å². The number of carboxylic acid groups (broad SMARTS) is 1. The molecule has 0 heterocycles. The number of carbonyl (C=O) groups excluding carboxylic acids is 6. The largest absolute Gasteiger partial charge is 0.480 e. The second kappa shape index (κ2) is 27.2. The van der Waals surface area contributed by atoms with E-state index in [1.807, 2.05) is 120 Å². The first-order valence-corrected chi connectivity index (χ1v) is 34.9. The molecule has 424 valence electrons. The molecular formula is C53H98N6O12Si3. The Balaban J connectivity index is 3.74. The molecule has 0 aliphatic carbocycles. The number of alkyl carbamates (subject to hydrolysis) is 1. The van der Waals surface area contributed by atoms with Crippen molar-refractivity contribution < 1.29 is 56.7 Å². The molecule has 7 N–H and O–H groups in total. The zero-order chi connectivity index (χ0) is 57.9. The zero-order valence-corrected chi connectivity index (χ0v) is 52.5. The Morgan fingerprint density at radius 2 is 0.689 bits per heavy atom. The number of hydrogen-bond donors (Lipinski definition) is 7. The van der Waals surface area contributed by atoms with Crippen LogP contribution < -0.4 is 31.9 Å². The molecule has 0 radical (unpaired) electrons. The highest BCUT2D eigenvalue weighted by Gasteiger charge is 2.46. The first kappa shape index (κ1) is 67.9. The average Bonchev–Trinajstić information content (AvgIpc) is 3.23. The molecule has 21 heteroatoms. The summed E-state index contributed by atoms with van der Waals surface area (Å²) in [5.74, 6) is -6.60. The van der Waals surface area contributed by atoms with Crippen LogP contribution >= 0.6 is 0 Å². The number of ether oxygens (including phenoxy) is 1. The maximum Gasteiger partial charge on any atom is 0.408 e. The molecule has 6 amide bonds. The third-order valence-corrected chi connectivity index (χ3v) is 28.6. The molecule has 0 unspecified atom stereocenters. The van der Waals surface area contributed by atoms with Crippen LogP contribution in [0.5, 0.6) is 0 Å². The van der Waals surface area contributed by atoms with Gasteiger partial charge < -0.3 is 55.0 Å². The number of carboxylic acids is 1. The van der Waals surface area contributed by atoms with E-state index in [0.717, 1.165) is 5.56 Å². The van der Waals surface area contributed by atoms with Gasteiger partial charge in [-0.25, -0.2) is 9.59 Å². The third kappa shape index (κ3) is 20.1. The van der Waals surface area contributed by atoms with Gasteiger partial charge in [-0.15, -0.1) is 0 Å². The lowest BCUT2D eigenvalue weighted by Gasteiger charge is -2.41. The van der Waals surface area contributed by atoms with Gasteiger partial charge in [-0.1, -0.05) is 134 Å². The van der Waals surface area contributed by atoms with E-state index in [4.69, 9.17) is 18.0 Å². The highest BCUT2D eigenvalue weighted by Crippen LogP contribution is 2.39. The number of rotatable bonds is 26. The Labute approximate surface area is 447 Å². The summed E-state index contributed by atoms with van der Waals surface area (Å²) in [7, 11) is -7.70. The smallest absolute Gasteiger partial charge is 0.408 e. The standard InChI is InChI=1S/C53H98N6O12Si3/c1-31(2)38(54-48(64)42(35(8)70-73(21,22)52(13,14)15)57-46(62)40(33(5)6)59-50(67)68-30-37-28-26-25-27-29-37)44(60)56-41(34(7)69-72(19,20)51(10,11)12)47(63)55-39(32(3)4)45(61)58-43(49(65)66)36(9)71-74(23,24)53(16,17)18/h25-29,31-36,38-43H,30H2,1-24H3,(H,54,64)(H,55,63)(H,56,60)(H,57,62)(H,58,61)(H,59,67)(H,65,66)/t34-,35-,36-,38+,39+,40+,41+,42+,43+/m1/s1. The summed E-state index contributed by atoms with van der Waals surface area (Å²) in [4.78, 5) is 98.1. The van der Waals surface area contributed by atoms with Crippen LogP contribution in [0, 0.1) is 17.8 Å². The number of amides is 6. The number of carbonyl (C=O) groups is 7. The van der Waals surface area contributed by atoms with E-state index in [9.17, 15) is 38.7 Å². The van der Waals surface area contributed by atoms with Crippen molar-refractivity contribution in [3.05, 3.63) is 35.9 Å². The van der Waals surface area contributed by atoms with Crippen LogP contribution in [0.15, 0.2) is 30.3 Å². The fourth-order valence-electron chi connectivity index (χ4n) is 7.01. The monoisotopic (exact) mass is 1090 g/mol. The maximum absolute atomic E-state index is 14.7. The molecule has 0 spiro atoms. The van der Waals surface area contributed by atoms with Gasteiger partial charge in [0.2, 0.25) is 29.5 Å². The first-order valence-electron chi connectivity index (χ1n) is 26.1. The fraction of sp³-hybridized carbons (Fsp3) is 0.755. The molecule has 1 aromatic carbocycles. The van der Waals surface area contributed by atoms with E-state index in [0.29, 0.717) is 0 Å². The van der Waals surface area contributed by atoms with Crippen molar-refractivity contribution in [1.29, 1.82) is 0 Å². The van der Waals surface area contributed by atoms with Gasteiger partial charge in [-0.3, -0.25) is 24.0 Å². The quantitative estimate of drug-likeness (QED) is 0.0436. The predicted octanol–water partition coefficient (Wildman–Crippen LogP) is 7.99. The van der Waals surface area contributed by atoms with Crippen molar-refractivity contribution in [3.8, 4) is 0 Å². The third-order valence-electron chi connectivity index (χ3n) is 14.9. The molecule has 74 heavy (non-hydrogen) atoms. The van der Waals surface area contributed by atoms with Gasteiger partial charge in [0.25, 0.3) is 0 Å². The van der Waals surface area contributed by atoms with Crippen molar-refractivity contribution in [3.63, 3.8) is 0 Å². The van der Waals surface area contributed by atoms with Crippen LogP contribution in [0.25, 0.3) is 0 Å². The first-order chi connectivity index (χ1) is 33.4. The van der Waals surface area contributed by atoms with Crippen LogP contribution in [-0.2, 0) is 53.4 Å². The lowest BCUT2D eigenvalue weighted by Crippen LogP contribution is -2.65. The van der Waals surface area contributed by atoms with Crippen molar-refractivity contribution in [2.75, 3.05) is 0 Å². The minimum Gasteiger partial charge on any atom is -0.480 e. The summed E-state index contributed by atoms with van der Waals surface area (Å²) in [5, 5.41) is 26.0. The molecule has 0 aliphatic rings. The minimum absolute atomic E-state index is 0.0300. The summed E-state index contributed by atoms with van der Waals surface area (Å²) in [6.07, 6.45) is -3.63. The molecule has 0 saturated heterocycles. The molecule has 9 atom stereocenters. The SMILES string of the molecule is CC(C)[C@H](NC(=O)OCc1ccccc1)C(=O)N[C@H](C(=O)N[C@H](C(=O)N[C@H](C(=O)N[C@H](C(=O)N[C@H](C(=O)O)[C@@H](C)O[Si](C)(C)C(C)(C)C)C(C)C)[C@@H](C)O[Si](C)(C)C(C)(C)C)C(C)C)[C@@H](C)O[Si](C)(C)C(C)(C)C. The van der Waals surface area contributed by atoms with Crippen LogP contribution in [0.4, 0.5) is 4.79 Å². The number of benzene rings is 1. The summed E-state index contributed by atoms with van der Waals surface area (Å²) in [6.45, 7) is 45.4. The van der Waals surface area contributed by atoms with E-state index in [1.165, 1.54) is 0 Å². The van der Waals surface area contributed by atoms with E-state index >= 15 is 0 Å². The molecule has 0 saturated carbocycles. The van der Waals surface area contributed by atoms with Crippen LogP contribution in [0.1, 0.15) is 130 Å². The van der Waals surface area contributed by atoms with E-state index in [1.54, 1.807) is 74.4 Å². The Bertz CT molecular complexity index is 2050. The number of hydrogen-bond acceptors (Lipinski definition) is 11. The van der Waals surface area contributed by atoms with Gasteiger partial charge in [-0.05, 0) is 98.5 Å². The molecular weight excluding hydrogens is 997 g/mol. The summed E-state index contributed by atoms with van der Waals surface area (Å²) >= 11 is 0. The lowest BCUT2D eigenvalue weighted by atomic mass is 9.99. The Hall–Kier alpha value is -4.16. The van der Waals surface area contributed by atoms with Crippen LogP contribution in [0.3, 0.4) is 0 Å². The lowest BCUT2D eigenvalue weighted by molar-refractivity contribution is -0.145. The van der Waals surface area contributed by atoms with E-state index < -0.39 is 139 Å². The van der Waals surface area contributed by atoms with Crippen molar-refractivity contribution >= 4 is 66.6 Å². The number of aliphatic carboxylic acids is 1. The van der Waals surface area contributed by atoms with E-state index in [-0.39, 0.29) is 21.7 Å². The molecule has 0 bridgehead atoms. The van der Waals surface area contributed by atoms with E-state index in [2.05, 4.69) is 31.9 Å². The Kier molecular flexibility index (Phi) is 25.0. The second-order valence-corrected chi connectivity index (χ2v) is 39.7. The molecule has 1 aromatic rings. The summed E-state index contributed by atoms with van der Waals surface area (Å²) in [5.41, 5.74) is 0.751. The maximum atomic E-state index is 14.7. The summed E-state index contributed by atoms with van der Waals surface area (Å²) < 4.78 is 25.1. The van der Waals surface area contributed by atoms with Gasteiger partial charge in [0.05, 0.1) is 18.3 Å². The van der Waals surface area contributed by atoms with Gasteiger partial charge in [-0.2, -0.15) is 0 Å². The molecule has 1 rings (SSSR count). The van der Waals surface area contributed by atoms with Gasteiger partial charge in [0, 0.05) is 0 Å². The summed E-state index contributed by atoms with van der Waals surface area (Å²) in [6, 6.07) is 1.15. The molecule has 0 aromatic heterocycles. The topological polar surface area (TPSA) is 249 Å². The molecule has 18 nitrogen and oxygen atoms in total. The minimum atomic E-state index is -2.63. The molecule has 0 fully saturated rings. The van der Waals surface area contributed by atoms with Crippen LogP contribution in [-0.4, -0.2) is 126 Å². The fourth-order valence-corrected chi connectivity index (χ4v) is 11.3. The van der Waals surface area contributed by atoms with Crippen LogP contribution in [0.2, 0.25) is 54.4 Å². The highest BCUT2D eigenvalue weighted by molar-refractivity contribution is 6.75. The van der Waals surface area contributed by atoms with Gasteiger partial charge in [0.15, 0.2) is 31.0 Å². The number of nitrogens with one attached hydrogen (secondary N) is 6. The average molecular weight is 1100 g/mol. The zero-order valence-electron chi connectivity index (χ0n) is 49.5. The van der Waals surface area contributed by atoms with Gasteiger partial charge in [0.1, 0.15) is 36.8 Å². The normalized spacial score (nSPS) is 16.6. The van der Waals surface area contributed by atoms with Gasteiger partial charge >= 0.3 is 12.1 Å². The Morgan fingerprint density at radius 3 is 0.973 bits per heavy atom. The Morgan fingerprint density at radius 1 is 0.432 bits per heavy atom. The van der Waals surface area contributed by atoms with Crippen molar-refractivity contribution in [2.24, 2.45) is 17.8 Å². The predicted molar refractivity (Wildman–Crippen MR) is 299 cm³/mol. The highest BCUT2D eigenvalue weighted by atomic mass is 28.4. The second-order valence-electron chi connectivity index (χ2n) is 25.4. The molecule has 0 aliphatic heterocycles.